The zero-order valence-electron chi connectivity index (χ0n) is 14.3. The molecule has 0 amide bonds. The predicted octanol–water partition coefficient (Wildman–Crippen LogP) is 4.28. The average Bonchev–Trinajstić information content (AvgIpc) is 2.59. The van der Waals surface area contributed by atoms with Crippen LogP contribution in [0.1, 0.15) is 57.4 Å². The second-order valence-corrected chi connectivity index (χ2v) is 6.17. The van der Waals surface area contributed by atoms with E-state index in [0.29, 0.717) is 31.6 Å². The van der Waals surface area contributed by atoms with Crippen LogP contribution < -0.4 is 10.1 Å². The van der Waals surface area contributed by atoms with Gasteiger partial charge in [-0.3, -0.25) is 5.41 Å². The van der Waals surface area contributed by atoms with E-state index in [-0.39, 0.29) is 0 Å². The Morgan fingerprint density at radius 2 is 2.09 bits per heavy atom. The molecular formula is C19H30N2O2. The maximum absolute atomic E-state index is 7.57. The van der Waals surface area contributed by atoms with Crippen molar-refractivity contribution >= 4 is 5.90 Å². The highest BCUT2D eigenvalue weighted by Gasteiger charge is 2.12. The van der Waals surface area contributed by atoms with Gasteiger partial charge in [-0.05, 0) is 43.9 Å². The number of hydrogen-bond acceptors (Lipinski definition) is 4. The first-order valence-electron chi connectivity index (χ1n) is 8.93. The lowest BCUT2D eigenvalue weighted by Crippen LogP contribution is -2.30. The molecule has 1 aromatic rings. The molecule has 1 aliphatic rings. The minimum absolute atomic E-state index is 0.349. The Kier molecular flexibility index (Phi) is 7.95. The molecular weight excluding hydrogens is 288 g/mol. The number of nitrogens with one attached hydrogen (secondary N) is 2. The molecule has 0 spiro atoms. The summed E-state index contributed by atoms with van der Waals surface area (Å²) >= 11 is 0. The summed E-state index contributed by atoms with van der Waals surface area (Å²) in [7, 11) is 0. The molecule has 1 fully saturated rings. The molecule has 4 nitrogen and oxygen atoms in total. The molecule has 0 atom stereocenters. The molecule has 0 unspecified atom stereocenters. The van der Waals surface area contributed by atoms with E-state index in [1.165, 1.54) is 37.7 Å². The predicted molar refractivity (Wildman–Crippen MR) is 94.2 cm³/mol. The summed E-state index contributed by atoms with van der Waals surface area (Å²) in [6.07, 6.45) is 8.17. The van der Waals surface area contributed by atoms with E-state index in [0.717, 1.165) is 18.7 Å². The zero-order chi connectivity index (χ0) is 16.3. The van der Waals surface area contributed by atoms with Gasteiger partial charge >= 0.3 is 0 Å². The van der Waals surface area contributed by atoms with Crippen LogP contribution in [0.3, 0.4) is 0 Å². The van der Waals surface area contributed by atoms with E-state index in [2.05, 4.69) is 23.5 Å². The molecule has 1 aliphatic carbocycles. The maximum atomic E-state index is 7.57. The maximum Gasteiger partial charge on any atom is 0.180 e. The molecule has 0 aromatic heterocycles. The van der Waals surface area contributed by atoms with Crippen molar-refractivity contribution in [1.82, 2.24) is 5.32 Å². The molecule has 23 heavy (non-hydrogen) atoms. The Bertz CT molecular complexity index is 470. The summed E-state index contributed by atoms with van der Waals surface area (Å²) in [4.78, 5) is 0. The quantitative estimate of drug-likeness (QED) is 0.406. The first kappa shape index (κ1) is 17.8. The summed E-state index contributed by atoms with van der Waals surface area (Å²) < 4.78 is 10.9. The van der Waals surface area contributed by atoms with Crippen molar-refractivity contribution in [2.75, 3.05) is 13.2 Å². The van der Waals surface area contributed by atoms with Gasteiger partial charge < -0.3 is 14.8 Å². The van der Waals surface area contributed by atoms with E-state index in [1.54, 1.807) is 0 Å². The van der Waals surface area contributed by atoms with Crippen molar-refractivity contribution in [2.24, 2.45) is 0 Å². The average molecular weight is 318 g/mol. The molecule has 0 saturated heterocycles. The first-order chi connectivity index (χ1) is 11.3. The Morgan fingerprint density at radius 1 is 1.26 bits per heavy atom. The molecule has 1 aromatic carbocycles. The van der Waals surface area contributed by atoms with Crippen LogP contribution in [0.4, 0.5) is 0 Å². The van der Waals surface area contributed by atoms with Crippen LogP contribution in [-0.4, -0.2) is 25.2 Å². The fourth-order valence-electron chi connectivity index (χ4n) is 2.98. The monoisotopic (exact) mass is 318 g/mol. The number of rotatable bonds is 9. The number of benzene rings is 1. The van der Waals surface area contributed by atoms with Gasteiger partial charge in [0.1, 0.15) is 5.75 Å². The van der Waals surface area contributed by atoms with E-state index >= 15 is 0 Å². The zero-order valence-corrected chi connectivity index (χ0v) is 14.3. The summed E-state index contributed by atoms with van der Waals surface area (Å²) in [6.45, 7) is 4.00. The lowest BCUT2D eigenvalue weighted by molar-refractivity contribution is 0.289. The van der Waals surface area contributed by atoms with Crippen LogP contribution in [0, 0.1) is 5.41 Å². The summed E-state index contributed by atoms with van der Waals surface area (Å²) in [6, 6.07) is 8.99. The van der Waals surface area contributed by atoms with E-state index < -0.39 is 0 Å². The van der Waals surface area contributed by atoms with Gasteiger partial charge in [0.05, 0.1) is 13.2 Å². The Labute approximate surface area is 140 Å². The highest BCUT2D eigenvalue weighted by atomic mass is 16.5. The number of hydrogen-bond donors (Lipinski definition) is 2. The molecule has 0 aliphatic heterocycles. The molecule has 0 heterocycles. The van der Waals surface area contributed by atoms with Crippen LogP contribution in [0.15, 0.2) is 24.3 Å². The van der Waals surface area contributed by atoms with Gasteiger partial charge in [0, 0.05) is 19.0 Å². The van der Waals surface area contributed by atoms with E-state index in [9.17, 15) is 0 Å². The van der Waals surface area contributed by atoms with Gasteiger partial charge in [-0.15, -0.1) is 0 Å². The van der Waals surface area contributed by atoms with Crippen molar-refractivity contribution in [2.45, 2.75) is 64.5 Å². The summed E-state index contributed by atoms with van der Waals surface area (Å²) in [5, 5.41) is 11.2. The van der Waals surface area contributed by atoms with Crippen LogP contribution in [0.2, 0.25) is 0 Å². The van der Waals surface area contributed by atoms with Crippen molar-refractivity contribution in [1.29, 1.82) is 5.41 Å². The molecule has 2 N–H and O–H groups in total. The van der Waals surface area contributed by atoms with Gasteiger partial charge in [-0.2, -0.15) is 0 Å². The van der Waals surface area contributed by atoms with Crippen molar-refractivity contribution in [3.05, 3.63) is 29.8 Å². The fourth-order valence-corrected chi connectivity index (χ4v) is 2.98. The fraction of sp³-hybridized carbons (Fsp3) is 0.632. The van der Waals surface area contributed by atoms with Crippen molar-refractivity contribution in [3.8, 4) is 5.75 Å². The minimum atomic E-state index is 0.349. The van der Waals surface area contributed by atoms with Gasteiger partial charge in [0.2, 0.25) is 0 Å². The van der Waals surface area contributed by atoms with Gasteiger partial charge in [0.15, 0.2) is 5.90 Å². The Morgan fingerprint density at radius 3 is 2.87 bits per heavy atom. The number of ether oxygens (including phenoxy) is 2. The molecule has 128 valence electrons. The molecule has 1 saturated carbocycles. The summed E-state index contributed by atoms with van der Waals surface area (Å²) in [5.74, 6) is 1.26. The second-order valence-electron chi connectivity index (χ2n) is 6.17. The third-order valence-corrected chi connectivity index (χ3v) is 4.23. The Balaban J connectivity index is 1.68. The van der Waals surface area contributed by atoms with E-state index in [4.69, 9.17) is 14.9 Å². The van der Waals surface area contributed by atoms with E-state index in [1.807, 2.05) is 13.0 Å². The van der Waals surface area contributed by atoms with Gasteiger partial charge in [-0.25, -0.2) is 0 Å². The SMILES string of the molecule is CCOC(=N)CCCOc1cccc(CNC2CCCCC2)c1. The second kappa shape index (κ2) is 10.3. The minimum Gasteiger partial charge on any atom is -0.494 e. The highest BCUT2D eigenvalue weighted by molar-refractivity contribution is 5.72. The van der Waals surface area contributed by atoms with Crippen molar-refractivity contribution in [3.63, 3.8) is 0 Å². The standard InChI is InChI=1S/C19H30N2O2/c1-2-22-19(20)12-7-13-23-18-11-6-8-16(14-18)15-21-17-9-4-3-5-10-17/h6,8,11,14,17,20-21H,2-5,7,9-10,12-13,15H2,1H3. The summed E-state index contributed by atoms with van der Waals surface area (Å²) in [5.41, 5.74) is 1.27. The third-order valence-electron chi connectivity index (χ3n) is 4.23. The normalized spacial score (nSPS) is 15.3. The van der Waals surface area contributed by atoms with Gasteiger partial charge in [-0.1, -0.05) is 31.4 Å². The third kappa shape index (κ3) is 7.04. The molecule has 2 rings (SSSR count). The highest BCUT2D eigenvalue weighted by Crippen LogP contribution is 2.19. The van der Waals surface area contributed by atoms with Crippen LogP contribution in [0.25, 0.3) is 0 Å². The van der Waals surface area contributed by atoms with Crippen LogP contribution in [-0.2, 0) is 11.3 Å². The lowest BCUT2D eigenvalue weighted by atomic mass is 9.95. The lowest BCUT2D eigenvalue weighted by Gasteiger charge is -2.23. The first-order valence-corrected chi connectivity index (χ1v) is 8.93. The Hall–Kier alpha value is -1.55. The van der Waals surface area contributed by atoms with Crippen LogP contribution in [0.5, 0.6) is 5.75 Å². The van der Waals surface area contributed by atoms with Crippen LogP contribution >= 0.6 is 0 Å². The van der Waals surface area contributed by atoms with Crippen molar-refractivity contribution < 1.29 is 9.47 Å². The van der Waals surface area contributed by atoms with Gasteiger partial charge in [0.25, 0.3) is 0 Å². The largest absolute Gasteiger partial charge is 0.494 e. The molecule has 0 radical (unpaired) electrons. The molecule has 0 bridgehead atoms. The molecule has 4 heteroatoms. The topological polar surface area (TPSA) is 54.3 Å². The smallest absolute Gasteiger partial charge is 0.180 e.